The van der Waals surface area contributed by atoms with Crippen LogP contribution in [0.15, 0.2) is 0 Å². The summed E-state index contributed by atoms with van der Waals surface area (Å²) in [5.74, 6) is -0.164. The maximum atomic E-state index is 12.8. The van der Waals surface area contributed by atoms with Crippen molar-refractivity contribution >= 4 is 13.7 Å². The molecular formula is C50H103N2O6P. The van der Waals surface area contributed by atoms with Crippen LogP contribution in [0.25, 0.3) is 0 Å². The lowest BCUT2D eigenvalue weighted by Crippen LogP contribution is -2.46. The number of likely N-dealkylation sites (N-methyl/N-ethyl adjacent to an activating group) is 1. The Labute approximate surface area is 368 Å². The minimum absolute atomic E-state index is 0.0160. The van der Waals surface area contributed by atoms with E-state index in [1.54, 1.807) is 0 Å². The molecule has 0 fully saturated rings. The van der Waals surface area contributed by atoms with Crippen LogP contribution in [-0.4, -0.2) is 68.5 Å². The van der Waals surface area contributed by atoms with Crippen molar-refractivity contribution in [2.75, 3.05) is 40.9 Å². The van der Waals surface area contributed by atoms with E-state index in [2.05, 4.69) is 19.2 Å². The van der Waals surface area contributed by atoms with Gasteiger partial charge in [-0.1, -0.05) is 245 Å². The molecule has 0 aromatic carbocycles. The predicted octanol–water partition coefficient (Wildman–Crippen LogP) is 14.3. The highest BCUT2D eigenvalue weighted by Gasteiger charge is 2.24. The Balaban J connectivity index is 3.99. The molecule has 59 heavy (non-hydrogen) atoms. The Kier molecular flexibility index (Phi) is 42.4. The monoisotopic (exact) mass is 859 g/mol. The smallest absolute Gasteiger partial charge is 0.268 e. The number of hydrogen-bond acceptors (Lipinski definition) is 6. The summed E-state index contributed by atoms with van der Waals surface area (Å²) < 4.78 is 23.3. The molecule has 0 bridgehead atoms. The standard InChI is InChI=1S/C50H103N2O6P/c1-6-8-10-12-14-16-17-18-19-20-21-22-23-24-25-26-27-28-29-30-31-32-33-34-36-37-39-41-43-49(53)48(47-58-59(55,56)57-46-45-52(3,4)5)51-50(54)44-42-40-38-35-15-13-11-9-7-2/h48-49,53H,6-47H2,1-5H3,(H-,51,54,55,56). The summed E-state index contributed by atoms with van der Waals surface area (Å²) in [6, 6.07) is -0.792. The van der Waals surface area contributed by atoms with Gasteiger partial charge < -0.3 is 28.8 Å². The number of unbranched alkanes of at least 4 members (excludes halogenated alkanes) is 35. The first-order chi connectivity index (χ1) is 28.5. The number of phosphoric ester groups is 1. The highest BCUT2D eigenvalue weighted by atomic mass is 31.2. The number of quaternary nitrogens is 1. The third kappa shape index (κ3) is 45.3. The SMILES string of the molecule is CCCCCCCCCCCCCCCCCCCCCCCCCCCCCCC(O)C(COP(=O)([O-])OCC[N+](C)(C)C)NC(=O)CCCCCCCCCCC. The molecule has 1 amide bonds. The Morgan fingerprint density at radius 3 is 1.15 bits per heavy atom. The van der Waals surface area contributed by atoms with E-state index >= 15 is 0 Å². The van der Waals surface area contributed by atoms with Crippen molar-refractivity contribution in [3.05, 3.63) is 0 Å². The lowest BCUT2D eigenvalue weighted by Gasteiger charge is -2.30. The number of nitrogens with zero attached hydrogens (tertiary/aromatic N) is 1. The Morgan fingerprint density at radius 2 is 0.831 bits per heavy atom. The quantitative estimate of drug-likeness (QED) is 0.0358. The van der Waals surface area contributed by atoms with Gasteiger partial charge in [0.15, 0.2) is 0 Å². The summed E-state index contributed by atoms with van der Waals surface area (Å²) >= 11 is 0. The molecular weight excluding hydrogens is 756 g/mol. The van der Waals surface area contributed by atoms with E-state index in [0.717, 1.165) is 38.5 Å². The van der Waals surface area contributed by atoms with E-state index in [4.69, 9.17) is 9.05 Å². The van der Waals surface area contributed by atoms with E-state index in [1.807, 2.05) is 21.1 Å². The number of phosphoric acid groups is 1. The van der Waals surface area contributed by atoms with Gasteiger partial charge in [-0.25, -0.2) is 0 Å². The largest absolute Gasteiger partial charge is 0.756 e. The average molecular weight is 859 g/mol. The van der Waals surface area contributed by atoms with Crippen LogP contribution in [0.2, 0.25) is 0 Å². The lowest BCUT2D eigenvalue weighted by molar-refractivity contribution is -0.870. The van der Waals surface area contributed by atoms with Gasteiger partial charge in [-0.15, -0.1) is 0 Å². The summed E-state index contributed by atoms with van der Waals surface area (Å²) in [6.45, 7) is 4.73. The molecule has 8 nitrogen and oxygen atoms in total. The number of nitrogens with one attached hydrogen (secondary N) is 1. The molecule has 2 N–H and O–H groups in total. The van der Waals surface area contributed by atoms with Crippen LogP contribution < -0.4 is 10.2 Å². The predicted molar refractivity (Wildman–Crippen MR) is 252 cm³/mol. The van der Waals surface area contributed by atoms with Crippen LogP contribution in [0.4, 0.5) is 0 Å². The molecule has 0 heterocycles. The van der Waals surface area contributed by atoms with Crippen LogP contribution in [-0.2, 0) is 18.4 Å². The number of rotatable bonds is 48. The third-order valence-corrected chi connectivity index (χ3v) is 13.1. The van der Waals surface area contributed by atoms with Crippen molar-refractivity contribution in [2.24, 2.45) is 0 Å². The number of hydrogen-bond donors (Lipinski definition) is 2. The van der Waals surface area contributed by atoms with Crippen molar-refractivity contribution in [3.63, 3.8) is 0 Å². The van der Waals surface area contributed by atoms with Gasteiger partial charge >= 0.3 is 0 Å². The summed E-state index contributed by atoms with van der Waals surface area (Å²) in [5.41, 5.74) is 0. The van der Waals surface area contributed by atoms with Gasteiger partial charge in [0.05, 0.1) is 39.9 Å². The maximum absolute atomic E-state index is 12.8. The van der Waals surface area contributed by atoms with Gasteiger partial charge in [0, 0.05) is 6.42 Å². The Hall–Kier alpha value is -0.500. The van der Waals surface area contributed by atoms with E-state index in [-0.39, 0.29) is 19.1 Å². The molecule has 0 spiro atoms. The minimum atomic E-state index is -4.56. The lowest BCUT2D eigenvalue weighted by atomic mass is 10.0. The molecule has 0 aliphatic carbocycles. The topological polar surface area (TPSA) is 108 Å². The number of carbonyl (C=O) groups is 1. The molecule has 0 radical (unpaired) electrons. The van der Waals surface area contributed by atoms with Gasteiger partial charge in [-0.3, -0.25) is 9.36 Å². The third-order valence-electron chi connectivity index (χ3n) is 12.1. The fourth-order valence-electron chi connectivity index (χ4n) is 7.98. The molecule has 0 aliphatic heterocycles. The van der Waals surface area contributed by atoms with Gasteiger partial charge in [0.1, 0.15) is 13.2 Å². The molecule has 0 rings (SSSR count). The van der Waals surface area contributed by atoms with Crippen molar-refractivity contribution in [1.82, 2.24) is 5.32 Å². The van der Waals surface area contributed by atoms with Crippen molar-refractivity contribution in [1.29, 1.82) is 0 Å². The van der Waals surface area contributed by atoms with Crippen molar-refractivity contribution in [3.8, 4) is 0 Å². The minimum Gasteiger partial charge on any atom is -0.756 e. The molecule has 3 atom stereocenters. The molecule has 354 valence electrons. The number of carbonyl (C=O) groups excluding carboxylic acids is 1. The molecule has 3 unspecified atom stereocenters. The zero-order valence-corrected chi connectivity index (χ0v) is 41.1. The first-order valence-corrected chi connectivity index (χ1v) is 27.3. The second kappa shape index (κ2) is 42.8. The molecule has 0 aromatic rings. The highest BCUT2D eigenvalue weighted by molar-refractivity contribution is 7.45. The van der Waals surface area contributed by atoms with Gasteiger partial charge in [-0.05, 0) is 12.8 Å². The summed E-state index contributed by atoms with van der Waals surface area (Å²) in [4.78, 5) is 25.3. The molecule has 0 saturated carbocycles. The van der Waals surface area contributed by atoms with E-state index in [0.29, 0.717) is 23.9 Å². The Bertz CT molecular complexity index is 932. The number of aliphatic hydroxyl groups excluding tert-OH is 1. The van der Waals surface area contributed by atoms with E-state index < -0.39 is 20.0 Å². The van der Waals surface area contributed by atoms with Crippen LogP contribution in [0, 0.1) is 0 Å². The van der Waals surface area contributed by atoms with Crippen molar-refractivity contribution in [2.45, 2.75) is 276 Å². The average Bonchev–Trinajstić information content (AvgIpc) is 3.19. The number of amides is 1. The highest BCUT2D eigenvalue weighted by Crippen LogP contribution is 2.38. The second-order valence-corrected chi connectivity index (χ2v) is 20.7. The molecule has 0 aromatic heterocycles. The van der Waals surface area contributed by atoms with Gasteiger partial charge in [-0.2, -0.15) is 0 Å². The van der Waals surface area contributed by atoms with Crippen LogP contribution >= 0.6 is 7.82 Å². The summed E-state index contributed by atoms with van der Waals surface area (Å²) in [6.07, 6.45) is 48.6. The zero-order chi connectivity index (χ0) is 43.6. The maximum Gasteiger partial charge on any atom is 0.268 e. The van der Waals surface area contributed by atoms with E-state index in [9.17, 15) is 19.4 Å². The van der Waals surface area contributed by atoms with Gasteiger partial charge in [0.25, 0.3) is 7.82 Å². The first-order valence-electron chi connectivity index (χ1n) is 25.9. The Morgan fingerprint density at radius 1 is 0.525 bits per heavy atom. The first kappa shape index (κ1) is 58.5. The normalized spacial score (nSPS) is 14.1. The number of aliphatic hydroxyl groups is 1. The zero-order valence-electron chi connectivity index (χ0n) is 40.2. The fourth-order valence-corrected chi connectivity index (χ4v) is 8.71. The van der Waals surface area contributed by atoms with Crippen LogP contribution in [0.3, 0.4) is 0 Å². The van der Waals surface area contributed by atoms with Crippen LogP contribution in [0.1, 0.15) is 264 Å². The summed E-state index contributed by atoms with van der Waals surface area (Å²) in [5, 5.41) is 13.9. The molecule has 9 heteroatoms. The molecule has 0 aliphatic rings. The fraction of sp³-hybridized carbons (Fsp3) is 0.980. The second-order valence-electron chi connectivity index (χ2n) is 19.2. The van der Waals surface area contributed by atoms with Crippen molar-refractivity contribution < 1.29 is 32.9 Å². The van der Waals surface area contributed by atoms with Crippen LogP contribution in [0.5, 0.6) is 0 Å². The summed E-state index contributed by atoms with van der Waals surface area (Å²) in [7, 11) is 1.32. The van der Waals surface area contributed by atoms with E-state index in [1.165, 1.54) is 199 Å². The molecule has 0 saturated heterocycles. The van der Waals surface area contributed by atoms with Gasteiger partial charge in [0.2, 0.25) is 5.91 Å².